The van der Waals surface area contributed by atoms with Crippen LogP contribution in [-0.2, 0) is 6.42 Å². The number of aryl methyl sites for hydroxylation is 1. The van der Waals surface area contributed by atoms with Gasteiger partial charge in [0, 0.05) is 11.8 Å². The lowest BCUT2D eigenvalue weighted by atomic mass is 10.3. The normalized spacial score (nSPS) is 10.9. The van der Waals surface area contributed by atoms with Crippen LogP contribution in [0.2, 0.25) is 0 Å². The Labute approximate surface area is 62.8 Å². The molecule has 0 atom stereocenters. The van der Waals surface area contributed by atoms with Crippen molar-refractivity contribution in [2.24, 2.45) is 0 Å². The van der Waals surface area contributed by atoms with Gasteiger partial charge in [-0.25, -0.2) is 4.68 Å². The Hall–Kier alpha value is -1.13. The first kappa shape index (κ1) is 7.97. The van der Waals surface area contributed by atoms with Crippen molar-refractivity contribution in [1.29, 1.82) is 0 Å². The highest BCUT2D eigenvalue weighted by Gasteiger charge is 2.11. The van der Waals surface area contributed by atoms with Crippen LogP contribution in [-0.4, -0.2) is 9.78 Å². The number of hydrogen-bond donors (Lipinski definition) is 1. The Morgan fingerprint density at radius 2 is 2.36 bits per heavy atom. The van der Waals surface area contributed by atoms with Crippen molar-refractivity contribution in [3.05, 3.63) is 11.8 Å². The number of anilines is 1. The van der Waals surface area contributed by atoms with E-state index in [1.165, 1.54) is 6.07 Å². The van der Waals surface area contributed by atoms with E-state index in [4.69, 9.17) is 5.73 Å². The average Bonchev–Trinajstić information content (AvgIpc) is 2.30. The number of alkyl halides is 2. The van der Waals surface area contributed by atoms with Crippen LogP contribution in [0.3, 0.4) is 0 Å². The molecule has 1 rings (SSSR count). The summed E-state index contributed by atoms with van der Waals surface area (Å²) in [6.45, 7) is -0.822. The first-order chi connectivity index (χ1) is 5.15. The van der Waals surface area contributed by atoms with Crippen molar-refractivity contribution in [3.8, 4) is 0 Å². The van der Waals surface area contributed by atoms with Crippen LogP contribution in [0.25, 0.3) is 0 Å². The Morgan fingerprint density at radius 1 is 1.73 bits per heavy atom. The molecular formula is C6H9F2N3. The lowest BCUT2D eigenvalue weighted by Crippen LogP contribution is -2.04. The quantitative estimate of drug-likeness (QED) is 0.712. The van der Waals surface area contributed by atoms with Crippen LogP contribution in [0.1, 0.15) is 19.2 Å². The predicted molar refractivity (Wildman–Crippen MR) is 37.3 cm³/mol. The van der Waals surface area contributed by atoms with Crippen molar-refractivity contribution in [1.82, 2.24) is 9.78 Å². The summed E-state index contributed by atoms with van der Waals surface area (Å²) in [6, 6.07) is 1.45. The molecule has 1 heterocycles. The molecule has 2 N–H and O–H groups in total. The molecule has 0 saturated carbocycles. The van der Waals surface area contributed by atoms with E-state index in [2.05, 4.69) is 5.10 Å². The zero-order valence-corrected chi connectivity index (χ0v) is 6.09. The van der Waals surface area contributed by atoms with E-state index < -0.39 is 6.55 Å². The minimum Gasteiger partial charge on any atom is -0.382 e. The van der Waals surface area contributed by atoms with Crippen LogP contribution in [0.15, 0.2) is 6.07 Å². The minimum atomic E-state index is -2.60. The standard InChI is InChI=1S/C6H9F2N3/c1-2-4-3-5(9)10-11(4)6(7)8/h3,6H,2H2,1H3,(H2,9,10). The molecular weight excluding hydrogens is 152 g/mol. The molecule has 0 aliphatic heterocycles. The fourth-order valence-electron chi connectivity index (χ4n) is 0.887. The Bertz CT molecular complexity index is 244. The lowest BCUT2D eigenvalue weighted by molar-refractivity contribution is 0.0539. The molecule has 62 valence electrons. The van der Waals surface area contributed by atoms with Crippen LogP contribution in [0, 0.1) is 0 Å². The molecule has 0 aromatic carbocycles. The van der Waals surface area contributed by atoms with Gasteiger partial charge >= 0.3 is 6.55 Å². The second-order valence-electron chi connectivity index (χ2n) is 2.14. The SMILES string of the molecule is CCc1cc(N)nn1C(F)F. The first-order valence-corrected chi connectivity index (χ1v) is 3.27. The molecule has 1 aromatic heterocycles. The second-order valence-corrected chi connectivity index (χ2v) is 2.14. The molecule has 0 bridgehead atoms. The molecule has 11 heavy (non-hydrogen) atoms. The molecule has 0 amide bonds. The van der Waals surface area contributed by atoms with Gasteiger partial charge in [-0.1, -0.05) is 6.92 Å². The van der Waals surface area contributed by atoms with E-state index in [9.17, 15) is 8.78 Å². The zero-order chi connectivity index (χ0) is 8.43. The number of hydrogen-bond acceptors (Lipinski definition) is 2. The fraction of sp³-hybridized carbons (Fsp3) is 0.500. The summed E-state index contributed by atoms with van der Waals surface area (Å²) in [4.78, 5) is 0. The van der Waals surface area contributed by atoms with Crippen molar-refractivity contribution in [2.45, 2.75) is 19.9 Å². The minimum absolute atomic E-state index is 0.141. The summed E-state index contributed by atoms with van der Waals surface area (Å²) in [5, 5.41) is 3.43. The third-order valence-electron chi connectivity index (χ3n) is 1.38. The predicted octanol–water partition coefficient (Wildman–Crippen LogP) is 1.42. The highest BCUT2D eigenvalue weighted by atomic mass is 19.3. The number of nitrogens with two attached hydrogens (primary N) is 1. The van der Waals surface area contributed by atoms with E-state index in [1.54, 1.807) is 6.92 Å². The van der Waals surface area contributed by atoms with Gasteiger partial charge in [0.1, 0.15) is 5.82 Å². The van der Waals surface area contributed by atoms with E-state index in [0.717, 1.165) is 0 Å². The van der Waals surface area contributed by atoms with Crippen LogP contribution in [0.4, 0.5) is 14.6 Å². The number of rotatable bonds is 2. The van der Waals surface area contributed by atoms with Gasteiger partial charge in [0.25, 0.3) is 0 Å². The maximum absolute atomic E-state index is 12.1. The Morgan fingerprint density at radius 3 is 2.73 bits per heavy atom. The van der Waals surface area contributed by atoms with Gasteiger partial charge in [-0.2, -0.15) is 13.9 Å². The molecule has 1 aromatic rings. The number of halogens is 2. The molecule has 0 spiro atoms. The van der Waals surface area contributed by atoms with Crippen LogP contribution in [0.5, 0.6) is 0 Å². The van der Waals surface area contributed by atoms with E-state index >= 15 is 0 Å². The zero-order valence-electron chi connectivity index (χ0n) is 6.09. The fourth-order valence-corrected chi connectivity index (χ4v) is 0.887. The van der Waals surface area contributed by atoms with Gasteiger partial charge < -0.3 is 5.73 Å². The first-order valence-electron chi connectivity index (χ1n) is 3.27. The maximum Gasteiger partial charge on any atom is 0.333 e. The third kappa shape index (κ3) is 1.47. The largest absolute Gasteiger partial charge is 0.382 e. The highest BCUT2D eigenvalue weighted by Crippen LogP contribution is 2.15. The lowest BCUT2D eigenvalue weighted by Gasteiger charge is -2.01. The van der Waals surface area contributed by atoms with Gasteiger partial charge in [-0.15, -0.1) is 0 Å². The number of nitrogen functional groups attached to an aromatic ring is 1. The molecule has 0 radical (unpaired) electrons. The van der Waals surface area contributed by atoms with Crippen molar-refractivity contribution in [2.75, 3.05) is 5.73 Å². The number of aromatic nitrogens is 2. The maximum atomic E-state index is 12.1. The van der Waals surface area contributed by atoms with Crippen molar-refractivity contribution >= 4 is 5.82 Å². The molecule has 0 aliphatic carbocycles. The van der Waals surface area contributed by atoms with E-state index in [0.29, 0.717) is 16.8 Å². The van der Waals surface area contributed by atoms with Crippen molar-refractivity contribution in [3.63, 3.8) is 0 Å². The number of nitrogens with zero attached hydrogens (tertiary/aromatic N) is 2. The summed E-state index contributed by atoms with van der Waals surface area (Å²) in [7, 11) is 0. The molecule has 0 saturated heterocycles. The highest BCUT2D eigenvalue weighted by molar-refractivity contribution is 5.29. The van der Waals surface area contributed by atoms with Gasteiger partial charge in [-0.3, -0.25) is 0 Å². The van der Waals surface area contributed by atoms with E-state index in [1.807, 2.05) is 0 Å². The van der Waals surface area contributed by atoms with Crippen LogP contribution >= 0.6 is 0 Å². The molecule has 0 fully saturated rings. The second kappa shape index (κ2) is 2.86. The molecule has 5 heteroatoms. The summed E-state index contributed by atoms with van der Waals surface area (Å²) < 4.78 is 24.8. The summed E-state index contributed by atoms with van der Waals surface area (Å²) in [5.41, 5.74) is 5.68. The Kier molecular flexibility index (Phi) is 2.07. The third-order valence-corrected chi connectivity index (χ3v) is 1.38. The van der Waals surface area contributed by atoms with E-state index in [-0.39, 0.29) is 5.82 Å². The topological polar surface area (TPSA) is 43.8 Å². The van der Waals surface area contributed by atoms with Gasteiger partial charge in [0.05, 0.1) is 0 Å². The summed E-state index contributed by atoms with van der Waals surface area (Å²) in [6.07, 6.45) is 0.508. The summed E-state index contributed by atoms with van der Waals surface area (Å²) in [5.74, 6) is 0.141. The van der Waals surface area contributed by atoms with Crippen LogP contribution < -0.4 is 5.73 Å². The molecule has 0 aliphatic rings. The van der Waals surface area contributed by atoms with Crippen molar-refractivity contribution < 1.29 is 8.78 Å². The average molecular weight is 161 g/mol. The van der Waals surface area contributed by atoms with Gasteiger partial charge in [0.2, 0.25) is 0 Å². The molecule has 3 nitrogen and oxygen atoms in total. The summed E-state index contributed by atoms with van der Waals surface area (Å²) >= 11 is 0. The smallest absolute Gasteiger partial charge is 0.333 e. The monoisotopic (exact) mass is 161 g/mol. The Balaban J connectivity index is 3.02. The molecule has 0 unspecified atom stereocenters. The van der Waals surface area contributed by atoms with Gasteiger partial charge in [-0.05, 0) is 6.42 Å². The van der Waals surface area contributed by atoms with Gasteiger partial charge in [0.15, 0.2) is 0 Å².